The lowest BCUT2D eigenvalue weighted by Crippen LogP contribution is -2.35. The van der Waals surface area contributed by atoms with E-state index in [1.165, 1.54) is 18.3 Å². The molecule has 3 rings (SSSR count). The summed E-state index contributed by atoms with van der Waals surface area (Å²) in [6.45, 7) is 0. The van der Waals surface area contributed by atoms with E-state index in [1.54, 1.807) is 0 Å². The minimum atomic E-state index is -5.31. The van der Waals surface area contributed by atoms with Crippen molar-refractivity contribution < 1.29 is 48.3 Å². The molecule has 1 unspecified atom stereocenters. The van der Waals surface area contributed by atoms with Crippen molar-refractivity contribution in [1.29, 1.82) is 0 Å². The van der Waals surface area contributed by atoms with Crippen LogP contribution < -0.4 is 5.73 Å². The van der Waals surface area contributed by atoms with Crippen LogP contribution in [-0.2, 0) is 30.4 Å². The van der Waals surface area contributed by atoms with Gasteiger partial charge in [0.25, 0.3) is 20.2 Å². The van der Waals surface area contributed by atoms with Crippen LogP contribution in [0.5, 0.6) is 0 Å². The number of hydrogen-bond donors (Lipinski definition) is 5. The van der Waals surface area contributed by atoms with Gasteiger partial charge in [0.05, 0.1) is 11.3 Å². The quantitative estimate of drug-likeness (QED) is 0.208. The van der Waals surface area contributed by atoms with Crippen molar-refractivity contribution in [1.82, 2.24) is 4.98 Å². The maximum absolute atomic E-state index is 12.9. The van der Waals surface area contributed by atoms with E-state index in [0.29, 0.717) is 10.7 Å². The third-order valence-electron chi connectivity index (χ3n) is 4.63. The van der Waals surface area contributed by atoms with E-state index in [4.69, 9.17) is 5.73 Å². The molecule has 0 radical (unpaired) electrons. The first-order chi connectivity index (χ1) is 14.5. The van der Waals surface area contributed by atoms with Crippen molar-refractivity contribution in [2.24, 2.45) is 0 Å². The Morgan fingerprint density at radius 3 is 2.12 bits per heavy atom. The number of hydrogen-bond acceptors (Lipinski definition) is 8. The van der Waals surface area contributed by atoms with Crippen LogP contribution >= 0.6 is 0 Å². The molecule has 172 valence electrons. The third kappa shape index (κ3) is 4.10. The fraction of sp³-hybridized carbons (Fsp3) is 0.125. The number of anilines is 1. The Balaban J connectivity index is 2.61. The highest BCUT2D eigenvalue weighted by Crippen LogP contribution is 2.40. The number of amides is 1. The third-order valence-corrected chi connectivity index (χ3v) is 7.50. The molecule has 0 fully saturated rings. The van der Waals surface area contributed by atoms with E-state index >= 15 is 0 Å². The molecule has 1 aromatic carbocycles. The largest absolute Gasteiger partial charge is 0.436 e. The van der Waals surface area contributed by atoms with Gasteiger partial charge in [0.1, 0.15) is 17.2 Å². The van der Waals surface area contributed by atoms with Crippen molar-refractivity contribution in [2.75, 3.05) is 12.8 Å². The first-order valence-corrected chi connectivity index (χ1v) is 12.8. The minimum absolute atomic E-state index is 0.0783. The smallest absolute Gasteiger partial charge is 0.398 e. The van der Waals surface area contributed by atoms with Crippen LogP contribution in [0, 0.1) is 0 Å². The predicted molar refractivity (Wildman–Crippen MR) is 110 cm³/mol. The summed E-state index contributed by atoms with van der Waals surface area (Å²) in [6, 6.07) is 4.64. The van der Waals surface area contributed by atoms with E-state index in [2.05, 4.69) is 4.98 Å². The molecular weight excluding hydrogens is 490 g/mol. The number of nitrogens with two attached hydrogens (primary N) is 1. The number of nitrogens with zero attached hydrogens (tertiary/aromatic N) is 1. The Hall–Kier alpha value is -2.89. The molecule has 1 atom stereocenters. The Morgan fingerprint density at radius 2 is 1.66 bits per heavy atom. The predicted octanol–water partition coefficient (Wildman–Crippen LogP) is -0.170. The molecule has 0 saturated heterocycles. The van der Waals surface area contributed by atoms with Crippen LogP contribution in [0.3, 0.4) is 0 Å². The van der Waals surface area contributed by atoms with Crippen LogP contribution in [0.1, 0.15) is 26.9 Å². The van der Waals surface area contributed by atoms with Crippen LogP contribution in [-0.4, -0.2) is 67.1 Å². The molecular formula is C16H16N3O10S3+. The number of allylic oxidation sites excluding steroid dienone is 1. The summed E-state index contributed by atoms with van der Waals surface area (Å²) in [5.74, 6) is -0.917. The number of carbonyl (C=O) groups is 1. The number of fused-ring (bicyclic) bond motifs is 1. The molecule has 0 saturated carbocycles. The standard InChI is InChI=1S/C16H15N3O10S3/c1-19(16(20)10-3-2-6-18-10)14-12(31(24,25)26)7-11(30(21,22)23)8-4-5-9(17)15(13(8)14)32(27,28)29/h2-7,11H,17H2,1H3,(H3-,18,20,21,22,23,24,25,26,27,28,29)/p+1. The van der Waals surface area contributed by atoms with Gasteiger partial charge in [-0.2, -0.15) is 29.8 Å². The molecule has 0 aliphatic heterocycles. The summed E-state index contributed by atoms with van der Waals surface area (Å²) in [5, 5.41) is -2.17. The lowest BCUT2D eigenvalue weighted by atomic mass is 9.93. The first kappa shape index (κ1) is 23.8. The number of rotatable bonds is 4. The van der Waals surface area contributed by atoms with Crippen molar-refractivity contribution in [3.63, 3.8) is 0 Å². The zero-order valence-corrected chi connectivity index (χ0v) is 18.4. The van der Waals surface area contributed by atoms with E-state index in [-0.39, 0.29) is 5.69 Å². The second-order valence-corrected chi connectivity index (χ2v) is 10.9. The average molecular weight is 507 g/mol. The van der Waals surface area contributed by atoms with Gasteiger partial charge >= 0.3 is 16.0 Å². The molecule has 16 heteroatoms. The van der Waals surface area contributed by atoms with Gasteiger partial charge < -0.3 is 10.7 Å². The molecule has 13 nitrogen and oxygen atoms in total. The molecule has 2 aromatic rings. The van der Waals surface area contributed by atoms with Crippen molar-refractivity contribution in [3.05, 3.63) is 58.3 Å². The van der Waals surface area contributed by atoms with Crippen LogP contribution in [0.2, 0.25) is 0 Å². The van der Waals surface area contributed by atoms with Crippen LogP contribution in [0.15, 0.2) is 46.3 Å². The molecule has 32 heavy (non-hydrogen) atoms. The highest BCUT2D eigenvalue weighted by molar-refractivity contribution is 7.91. The maximum atomic E-state index is 12.9. The van der Waals surface area contributed by atoms with Crippen LogP contribution in [0.4, 0.5) is 5.69 Å². The zero-order chi connectivity index (χ0) is 24.2. The lowest BCUT2D eigenvalue weighted by Gasteiger charge is -2.23. The molecule has 1 aliphatic carbocycles. The summed E-state index contributed by atoms with van der Waals surface area (Å²) in [4.78, 5) is 13.1. The number of nitrogens with one attached hydrogen (secondary N) is 1. The molecule has 1 aromatic heterocycles. The molecule has 1 amide bonds. The monoisotopic (exact) mass is 506 g/mol. The second-order valence-electron chi connectivity index (χ2n) is 6.66. The van der Waals surface area contributed by atoms with Gasteiger partial charge in [0.15, 0.2) is 10.6 Å². The van der Waals surface area contributed by atoms with E-state index in [1.807, 2.05) is 0 Å². The Morgan fingerprint density at radius 1 is 1.03 bits per heavy atom. The highest BCUT2D eigenvalue weighted by atomic mass is 32.2. The van der Waals surface area contributed by atoms with Gasteiger partial charge in [0.2, 0.25) is 5.71 Å². The highest BCUT2D eigenvalue weighted by Gasteiger charge is 2.46. The first-order valence-electron chi connectivity index (χ1n) is 8.39. The SMILES string of the molecule is C[N+](C(=O)c1ccc[nH]1)=C1C(S(=O)(=O)O)=CC(S(=O)(=O)O)c2ccc(N)c(S(=O)(=O)O)c21. The van der Waals surface area contributed by atoms with Gasteiger partial charge in [-0.3, -0.25) is 13.7 Å². The molecule has 1 aliphatic rings. The van der Waals surface area contributed by atoms with E-state index in [0.717, 1.165) is 19.2 Å². The fourth-order valence-corrected chi connectivity index (χ4v) is 5.88. The van der Waals surface area contributed by atoms with Gasteiger partial charge in [-0.15, -0.1) is 0 Å². The van der Waals surface area contributed by atoms with Crippen LogP contribution in [0.25, 0.3) is 0 Å². The normalized spacial score (nSPS) is 18.6. The molecule has 1 heterocycles. The minimum Gasteiger partial charge on any atom is -0.398 e. The van der Waals surface area contributed by atoms with E-state index < -0.39 is 73.8 Å². The zero-order valence-electron chi connectivity index (χ0n) is 16.0. The number of nitrogen functional groups attached to an aromatic ring is 1. The second kappa shape index (κ2) is 7.61. The summed E-state index contributed by atoms with van der Waals surface area (Å²) in [5.41, 5.74) is 2.87. The van der Waals surface area contributed by atoms with Gasteiger partial charge in [-0.1, -0.05) is 6.07 Å². The van der Waals surface area contributed by atoms with Crippen molar-refractivity contribution in [3.8, 4) is 0 Å². The fourth-order valence-electron chi connectivity index (χ4n) is 3.34. The number of carbonyl (C=O) groups excluding carboxylic acids is 1. The number of aromatic nitrogens is 1. The van der Waals surface area contributed by atoms with Gasteiger partial charge in [-0.25, -0.2) is 4.79 Å². The van der Waals surface area contributed by atoms with Gasteiger partial charge in [0, 0.05) is 6.20 Å². The Kier molecular flexibility index (Phi) is 5.65. The summed E-state index contributed by atoms with van der Waals surface area (Å²) in [7, 11) is -14.6. The van der Waals surface area contributed by atoms with Gasteiger partial charge in [-0.05, 0) is 29.8 Å². The molecule has 0 bridgehead atoms. The summed E-state index contributed by atoms with van der Waals surface area (Å²) in [6.07, 6.45) is 1.81. The topological polar surface area (TPSA) is 225 Å². The summed E-state index contributed by atoms with van der Waals surface area (Å²) >= 11 is 0. The average Bonchev–Trinajstić information content (AvgIpc) is 3.17. The Labute approximate surface area is 182 Å². The van der Waals surface area contributed by atoms with Crippen molar-refractivity contribution in [2.45, 2.75) is 10.1 Å². The van der Waals surface area contributed by atoms with E-state index in [9.17, 15) is 43.7 Å². The molecule has 0 spiro atoms. The maximum Gasteiger partial charge on any atom is 0.436 e. The number of aromatic amines is 1. The van der Waals surface area contributed by atoms with Crippen molar-refractivity contribution >= 4 is 47.7 Å². The number of H-pyrrole nitrogens is 1. The Bertz CT molecular complexity index is 1520. The summed E-state index contributed by atoms with van der Waals surface area (Å²) < 4.78 is 102. The molecule has 6 N–H and O–H groups in total. The lowest BCUT2D eigenvalue weighted by molar-refractivity contribution is -0.393. The number of benzene rings is 1.